The molecule has 59 heavy (non-hydrogen) atoms. The maximum Gasteiger partial charge on any atom is 0.326 e. The van der Waals surface area contributed by atoms with Crippen LogP contribution in [0.5, 0.6) is 0 Å². The van der Waals surface area contributed by atoms with Crippen molar-refractivity contribution in [1.29, 1.82) is 0 Å². The van der Waals surface area contributed by atoms with E-state index in [1.807, 2.05) is 72.8 Å². The lowest BCUT2D eigenvalue weighted by Crippen LogP contribution is -2.59. The van der Waals surface area contributed by atoms with Crippen LogP contribution in [0, 0.1) is 0 Å². The van der Waals surface area contributed by atoms with Crippen molar-refractivity contribution in [2.45, 2.75) is 69.1 Å². The number of benzene rings is 4. The van der Waals surface area contributed by atoms with E-state index in [4.69, 9.17) is 0 Å². The van der Waals surface area contributed by atoms with Gasteiger partial charge in [0.2, 0.25) is 29.5 Å². The number of aryl methyl sites for hydroxylation is 1. The molecule has 0 aliphatic carbocycles. The van der Waals surface area contributed by atoms with Gasteiger partial charge in [-0.2, -0.15) is 0 Å². The van der Waals surface area contributed by atoms with Crippen molar-refractivity contribution < 1.29 is 33.9 Å². The van der Waals surface area contributed by atoms with Gasteiger partial charge in [-0.1, -0.05) is 97.1 Å². The first kappa shape index (κ1) is 41.5. The van der Waals surface area contributed by atoms with Gasteiger partial charge in [-0.3, -0.25) is 29.0 Å². The standard InChI is InChI=1S/C46H46N6O7/c53-41-21-22-42(54)49-37(20-15-30-7-3-1-4-8-30)43(55)50-39(28-32-11-16-34(17-12-32)35-23-25-47-26-24-35)44(56)51-38(27-31-9-5-2-6-10-31)45(57)52-40(46(58)59)29-33-13-18-36(48-41)19-14-33/h1-14,16-19,23-26,37-40H,15,20-22,27-29H2,(H,48,53)(H,49,54)(H,50,55)(H,51,56)(H,52,57)(H,58,59)/t37-,38-,39+,40+/m1/s1. The normalized spacial score (nSPS) is 19.6. The van der Waals surface area contributed by atoms with Crippen LogP contribution >= 0.6 is 0 Å². The number of pyridine rings is 1. The van der Waals surface area contributed by atoms with Crippen LogP contribution in [0.2, 0.25) is 0 Å². The molecular weight excluding hydrogens is 749 g/mol. The lowest BCUT2D eigenvalue weighted by molar-refractivity contribution is -0.142. The number of carboxylic acid groups (broad SMARTS) is 1. The van der Waals surface area contributed by atoms with Gasteiger partial charge in [0, 0.05) is 50.2 Å². The molecule has 2 bridgehead atoms. The molecule has 0 radical (unpaired) electrons. The first-order valence-corrected chi connectivity index (χ1v) is 19.5. The third-order valence-corrected chi connectivity index (χ3v) is 10.0. The predicted molar refractivity (Wildman–Crippen MR) is 222 cm³/mol. The highest BCUT2D eigenvalue weighted by molar-refractivity contribution is 5.96. The molecule has 6 N–H and O–H groups in total. The number of hydrogen-bond donors (Lipinski definition) is 6. The monoisotopic (exact) mass is 794 g/mol. The number of amides is 5. The second kappa shape index (κ2) is 20.3. The molecule has 0 saturated heterocycles. The zero-order valence-corrected chi connectivity index (χ0v) is 32.3. The van der Waals surface area contributed by atoms with Crippen molar-refractivity contribution in [3.63, 3.8) is 0 Å². The van der Waals surface area contributed by atoms with Crippen LogP contribution in [0.25, 0.3) is 11.1 Å². The SMILES string of the molecule is O=C1CCC(=O)N[C@H](CCc2ccccc2)C(=O)N[C@@H](Cc2ccc(-c3ccncc3)cc2)C(=O)N[C@H](Cc2ccccc2)C(=O)N[C@H](C(=O)O)Cc2ccc(cc2)N1. The number of carboxylic acids is 1. The van der Waals surface area contributed by atoms with E-state index in [0.717, 1.165) is 16.7 Å². The highest BCUT2D eigenvalue weighted by Crippen LogP contribution is 2.20. The molecule has 4 atom stereocenters. The van der Waals surface area contributed by atoms with E-state index in [2.05, 4.69) is 31.6 Å². The Labute approximate surface area is 342 Å². The Morgan fingerprint density at radius 2 is 1.08 bits per heavy atom. The highest BCUT2D eigenvalue weighted by Gasteiger charge is 2.32. The van der Waals surface area contributed by atoms with Crippen LogP contribution < -0.4 is 26.6 Å². The van der Waals surface area contributed by atoms with Crippen LogP contribution in [0.1, 0.15) is 41.5 Å². The second-order valence-corrected chi connectivity index (χ2v) is 14.4. The molecule has 13 heteroatoms. The van der Waals surface area contributed by atoms with Gasteiger partial charge in [0.05, 0.1) is 0 Å². The molecule has 0 fully saturated rings. The van der Waals surface area contributed by atoms with Gasteiger partial charge in [0.25, 0.3) is 0 Å². The van der Waals surface area contributed by atoms with E-state index in [0.29, 0.717) is 28.8 Å². The van der Waals surface area contributed by atoms with Crippen LogP contribution in [0.15, 0.2) is 134 Å². The Kier molecular flexibility index (Phi) is 14.3. The third-order valence-electron chi connectivity index (χ3n) is 10.0. The Morgan fingerprint density at radius 1 is 0.559 bits per heavy atom. The summed E-state index contributed by atoms with van der Waals surface area (Å²) in [6, 6.07) is 31.2. The van der Waals surface area contributed by atoms with Crippen molar-refractivity contribution in [2.24, 2.45) is 0 Å². The number of aliphatic carboxylic acids is 1. The van der Waals surface area contributed by atoms with Gasteiger partial charge in [0.1, 0.15) is 24.2 Å². The summed E-state index contributed by atoms with van der Waals surface area (Å²) in [6.45, 7) is 0. The Bertz CT molecular complexity index is 2220. The first-order chi connectivity index (χ1) is 28.6. The van der Waals surface area contributed by atoms with Crippen molar-refractivity contribution in [1.82, 2.24) is 26.3 Å². The van der Waals surface area contributed by atoms with E-state index < -0.39 is 59.7 Å². The molecule has 2 aliphatic rings. The topological polar surface area (TPSA) is 196 Å². The summed E-state index contributed by atoms with van der Waals surface area (Å²) >= 11 is 0. The van der Waals surface area contributed by atoms with E-state index in [1.54, 1.807) is 60.9 Å². The first-order valence-electron chi connectivity index (χ1n) is 19.5. The van der Waals surface area contributed by atoms with Crippen LogP contribution in [-0.2, 0) is 54.5 Å². The summed E-state index contributed by atoms with van der Waals surface area (Å²) in [6.07, 6.45) is 3.57. The number of carbonyl (C=O) groups excluding carboxylic acids is 5. The number of carbonyl (C=O) groups is 6. The average molecular weight is 795 g/mol. The Balaban J connectivity index is 1.34. The summed E-state index contributed by atoms with van der Waals surface area (Å²) in [5, 5.41) is 24.0. The zero-order chi connectivity index (χ0) is 41.6. The lowest BCUT2D eigenvalue weighted by Gasteiger charge is -2.26. The van der Waals surface area contributed by atoms with E-state index in [1.165, 1.54) is 0 Å². The summed E-state index contributed by atoms with van der Waals surface area (Å²) in [4.78, 5) is 85.4. The minimum atomic E-state index is -1.36. The minimum Gasteiger partial charge on any atom is -0.480 e. The van der Waals surface area contributed by atoms with Gasteiger partial charge >= 0.3 is 5.97 Å². The average Bonchev–Trinajstić information content (AvgIpc) is 3.25. The van der Waals surface area contributed by atoms with Gasteiger partial charge < -0.3 is 31.7 Å². The quantitative estimate of drug-likeness (QED) is 0.120. The van der Waals surface area contributed by atoms with Crippen LogP contribution in [0.3, 0.4) is 0 Å². The molecule has 0 saturated carbocycles. The van der Waals surface area contributed by atoms with Crippen molar-refractivity contribution in [3.05, 3.63) is 156 Å². The summed E-state index contributed by atoms with van der Waals surface area (Å²) in [5.74, 6) is -4.29. The van der Waals surface area contributed by atoms with E-state index >= 15 is 0 Å². The largest absolute Gasteiger partial charge is 0.480 e. The molecular formula is C46H46N6O7. The molecule has 4 aromatic carbocycles. The van der Waals surface area contributed by atoms with E-state index in [-0.39, 0.29) is 38.5 Å². The number of rotatable bonds is 9. The number of anilines is 1. The van der Waals surface area contributed by atoms with Gasteiger partial charge in [-0.15, -0.1) is 0 Å². The summed E-state index contributed by atoms with van der Waals surface area (Å²) < 4.78 is 0. The van der Waals surface area contributed by atoms with E-state index in [9.17, 15) is 33.9 Å². The van der Waals surface area contributed by atoms with Crippen molar-refractivity contribution in [2.75, 3.05) is 5.32 Å². The van der Waals surface area contributed by atoms with Gasteiger partial charge in [-0.05, 0) is 70.5 Å². The Morgan fingerprint density at radius 3 is 1.69 bits per heavy atom. The number of nitrogens with one attached hydrogen (secondary N) is 5. The molecule has 5 aromatic rings. The molecule has 13 nitrogen and oxygen atoms in total. The second-order valence-electron chi connectivity index (χ2n) is 14.4. The lowest BCUT2D eigenvalue weighted by atomic mass is 9.99. The van der Waals surface area contributed by atoms with Gasteiger partial charge in [-0.25, -0.2) is 4.79 Å². The smallest absolute Gasteiger partial charge is 0.326 e. The maximum absolute atomic E-state index is 14.4. The number of hydrogen-bond acceptors (Lipinski definition) is 7. The number of nitrogens with zero attached hydrogens (tertiary/aromatic N) is 1. The van der Waals surface area contributed by atoms with Crippen molar-refractivity contribution >= 4 is 41.2 Å². The maximum atomic E-state index is 14.4. The number of fused-ring (bicyclic) bond motifs is 18. The number of aromatic nitrogens is 1. The fourth-order valence-corrected chi connectivity index (χ4v) is 6.80. The van der Waals surface area contributed by atoms with Gasteiger partial charge in [0.15, 0.2) is 0 Å². The third kappa shape index (κ3) is 12.4. The zero-order valence-electron chi connectivity index (χ0n) is 32.3. The molecule has 3 heterocycles. The summed E-state index contributed by atoms with van der Waals surface area (Å²) in [5.41, 5.74) is 5.20. The molecule has 302 valence electrons. The minimum absolute atomic E-state index is 0.0149. The fraction of sp³-hybridized carbons (Fsp3) is 0.239. The molecule has 0 spiro atoms. The summed E-state index contributed by atoms with van der Waals surface area (Å²) in [7, 11) is 0. The molecule has 0 unspecified atom stereocenters. The molecule has 1 aromatic heterocycles. The predicted octanol–water partition coefficient (Wildman–Crippen LogP) is 4.17. The molecule has 5 amide bonds. The molecule has 2 aliphatic heterocycles. The Hall–Kier alpha value is -7.15. The van der Waals surface area contributed by atoms with Crippen LogP contribution in [-0.4, -0.2) is 69.8 Å². The van der Waals surface area contributed by atoms with Crippen molar-refractivity contribution in [3.8, 4) is 11.1 Å². The van der Waals surface area contributed by atoms with Crippen LogP contribution in [0.4, 0.5) is 5.69 Å². The fourth-order valence-electron chi connectivity index (χ4n) is 6.80. The molecule has 7 rings (SSSR count). The highest BCUT2D eigenvalue weighted by atomic mass is 16.4.